The van der Waals surface area contributed by atoms with E-state index < -0.39 is 0 Å². The van der Waals surface area contributed by atoms with Gasteiger partial charge < -0.3 is 0 Å². The van der Waals surface area contributed by atoms with Crippen LogP contribution in [-0.2, 0) is 0 Å². The molecule has 0 aromatic carbocycles. The Morgan fingerprint density at radius 3 is 0.833 bits per heavy atom. The minimum atomic E-state index is -0.250. The molecule has 0 heterocycles. The van der Waals surface area contributed by atoms with Gasteiger partial charge in [0.15, 0.2) is 1.05 Å². The highest BCUT2D eigenvalue weighted by molar-refractivity contribution is 9.52. The van der Waals surface area contributed by atoms with Crippen molar-refractivity contribution >= 4 is 74.7 Å². The van der Waals surface area contributed by atoms with Gasteiger partial charge in [-0.25, -0.2) is 0 Å². The molecule has 0 amide bonds. The van der Waals surface area contributed by atoms with Gasteiger partial charge >= 0.3 is 0 Å². The van der Waals surface area contributed by atoms with Gasteiger partial charge in [0.1, 0.15) is 0 Å². The number of hydrogen-bond donors (Lipinski definition) is 0. The van der Waals surface area contributed by atoms with Crippen LogP contribution in [-0.4, -0.2) is 12.0 Å². The molecule has 36 valence electrons. The Morgan fingerprint density at radius 2 is 0.833 bits per heavy atom. The highest BCUT2D eigenvalue weighted by Crippen LogP contribution is 2.39. The van der Waals surface area contributed by atoms with E-state index in [1.165, 1.54) is 0 Å². The van der Waals surface area contributed by atoms with Crippen molar-refractivity contribution in [2.75, 3.05) is 0 Å². The molecule has 0 aromatic heterocycles. The molecule has 0 aliphatic carbocycles. The van der Waals surface area contributed by atoms with E-state index in [0.29, 0.717) is 0 Å². The smallest absolute Gasteiger partial charge is 0.0471 e. The molecule has 0 N–H and O–H groups in total. The summed E-state index contributed by atoms with van der Waals surface area (Å²) in [5.74, 6) is 0. The molecular formula is CBr4Si. The van der Waals surface area contributed by atoms with Crippen LogP contribution in [0.3, 0.4) is 0 Å². The first-order valence-corrected chi connectivity index (χ1v) is 3.93. The van der Waals surface area contributed by atoms with Crippen LogP contribution in [0.5, 0.6) is 0 Å². The molecular weight excluding hydrogens is 360 g/mol. The summed E-state index contributed by atoms with van der Waals surface area (Å²) in [6.45, 7) is 0. The minimum absolute atomic E-state index is 0. The quantitative estimate of drug-likeness (QED) is 0.461. The van der Waals surface area contributed by atoms with Crippen molar-refractivity contribution in [2.45, 2.75) is 1.05 Å². The first-order chi connectivity index (χ1) is 2.00. The number of halogens is 4. The monoisotopic (exact) mass is 356 g/mol. The Kier molecular flexibility index (Phi) is 7.45. The van der Waals surface area contributed by atoms with Crippen LogP contribution in [0.15, 0.2) is 0 Å². The second-order valence-electron chi connectivity index (χ2n) is 0.429. The van der Waals surface area contributed by atoms with Crippen molar-refractivity contribution in [1.29, 1.82) is 0 Å². The van der Waals surface area contributed by atoms with E-state index >= 15 is 0 Å². The summed E-state index contributed by atoms with van der Waals surface area (Å²) in [5.41, 5.74) is 0. The average molecular weight is 360 g/mol. The van der Waals surface area contributed by atoms with Gasteiger partial charge in [0.25, 0.3) is 0 Å². The van der Waals surface area contributed by atoms with Crippen LogP contribution < -0.4 is 0 Å². The van der Waals surface area contributed by atoms with Crippen molar-refractivity contribution in [2.24, 2.45) is 0 Å². The molecule has 0 nitrogen and oxygen atoms in total. The summed E-state index contributed by atoms with van der Waals surface area (Å²) in [4.78, 5) is 0. The van der Waals surface area contributed by atoms with Crippen LogP contribution in [0.25, 0.3) is 0 Å². The average Bonchev–Trinajstić information content (AvgIpc) is 0.722. The Morgan fingerprint density at radius 1 is 0.833 bits per heavy atom. The lowest BCUT2D eigenvalue weighted by Gasteiger charge is -1.93. The van der Waals surface area contributed by atoms with Gasteiger partial charge in [-0.05, 0) is 63.7 Å². The fourth-order valence-corrected chi connectivity index (χ4v) is 0. The number of rotatable bonds is 0. The zero-order valence-corrected chi connectivity index (χ0v) is 9.86. The molecule has 0 saturated carbocycles. The Hall–Kier alpha value is 2.14. The van der Waals surface area contributed by atoms with Crippen molar-refractivity contribution < 1.29 is 0 Å². The summed E-state index contributed by atoms with van der Waals surface area (Å²) in [6, 6.07) is 0. The topological polar surface area (TPSA) is 0 Å². The maximum atomic E-state index is 3.12. The lowest BCUT2D eigenvalue weighted by molar-refractivity contribution is 2.14. The second-order valence-corrected chi connectivity index (χ2v) is 11.6. The van der Waals surface area contributed by atoms with Crippen molar-refractivity contribution in [3.05, 3.63) is 0 Å². The summed E-state index contributed by atoms with van der Waals surface area (Å²) in [6.07, 6.45) is 0. The van der Waals surface area contributed by atoms with Gasteiger partial charge in [0.05, 0.1) is 0 Å². The molecule has 0 rings (SSSR count). The maximum Gasteiger partial charge on any atom is 0.189 e. The SMILES string of the molecule is BrC(Br)(Br)Br.[Si]. The molecule has 5 heteroatoms. The molecule has 0 bridgehead atoms. The van der Waals surface area contributed by atoms with Crippen LogP contribution in [0, 0.1) is 0 Å². The molecule has 0 unspecified atom stereocenters. The largest absolute Gasteiger partial charge is 0.189 e. The molecule has 4 radical (unpaired) electrons. The Balaban J connectivity index is 0. The zero-order valence-electron chi connectivity index (χ0n) is 2.51. The van der Waals surface area contributed by atoms with E-state index in [4.69, 9.17) is 0 Å². The van der Waals surface area contributed by atoms with Gasteiger partial charge in [-0.2, -0.15) is 0 Å². The predicted molar refractivity (Wildman–Crippen MR) is 44.2 cm³/mol. The van der Waals surface area contributed by atoms with Gasteiger partial charge in [0, 0.05) is 11.0 Å². The van der Waals surface area contributed by atoms with E-state index in [-0.39, 0.29) is 12.0 Å². The van der Waals surface area contributed by atoms with Gasteiger partial charge in [-0.3, -0.25) is 0 Å². The lowest BCUT2D eigenvalue weighted by Crippen LogP contribution is -1.75. The fourth-order valence-electron chi connectivity index (χ4n) is 0. The third kappa shape index (κ3) is 35.5. The van der Waals surface area contributed by atoms with Gasteiger partial charge in [-0.15, -0.1) is 0 Å². The molecule has 0 aliphatic rings. The summed E-state index contributed by atoms with van der Waals surface area (Å²) in [7, 11) is 0. The van der Waals surface area contributed by atoms with Crippen molar-refractivity contribution in [3.63, 3.8) is 0 Å². The third-order valence-electron chi connectivity index (χ3n) is 0. The second kappa shape index (κ2) is 4.06. The Bertz CT molecular complexity index is 23.0. The molecule has 0 aromatic rings. The molecule has 0 atom stereocenters. The van der Waals surface area contributed by atoms with E-state index in [2.05, 4.69) is 63.7 Å². The van der Waals surface area contributed by atoms with E-state index in [1.54, 1.807) is 0 Å². The van der Waals surface area contributed by atoms with E-state index in [1.807, 2.05) is 0 Å². The fraction of sp³-hybridized carbons (Fsp3) is 1.00. The number of hydrogen-bond acceptors (Lipinski definition) is 0. The van der Waals surface area contributed by atoms with Crippen LogP contribution >= 0.6 is 63.7 Å². The maximum absolute atomic E-state index is 3.12. The lowest BCUT2D eigenvalue weighted by atomic mass is 12.0. The van der Waals surface area contributed by atoms with Crippen LogP contribution in [0.4, 0.5) is 0 Å². The molecule has 6 heavy (non-hydrogen) atoms. The molecule has 0 saturated heterocycles. The van der Waals surface area contributed by atoms with Gasteiger partial charge in [-0.1, -0.05) is 0 Å². The summed E-state index contributed by atoms with van der Waals surface area (Å²) < 4.78 is -0.250. The summed E-state index contributed by atoms with van der Waals surface area (Å²) >= 11 is 12.5. The first kappa shape index (κ1) is 11.0. The normalized spacial score (nSPS) is 10.0. The van der Waals surface area contributed by atoms with Crippen LogP contribution in [0.1, 0.15) is 0 Å². The molecule has 0 fully saturated rings. The number of alkyl halides is 4. The summed E-state index contributed by atoms with van der Waals surface area (Å²) in [5, 5.41) is 0. The van der Waals surface area contributed by atoms with Gasteiger partial charge in [0.2, 0.25) is 0 Å². The van der Waals surface area contributed by atoms with Crippen LogP contribution in [0.2, 0.25) is 0 Å². The van der Waals surface area contributed by atoms with E-state index in [9.17, 15) is 0 Å². The van der Waals surface area contributed by atoms with Crippen molar-refractivity contribution in [3.8, 4) is 0 Å². The third-order valence-corrected chi connectivity index (χ3v) is 0. The highest BCUT2D eigenvalue weighted by Gasteiger charge is 2.08. The standard InChI is InChI=1S/CBr4.Si/c2-1(3,4)5;. The van der Waals surface area contributed by atoms with E-state index in [0.717, 1.165) is 0 Å². The minimum Gasteiger partial charge on any atom is -0.0471 e. The first-order valence-electron chi connectivity index (χ1n) is 0.756. The Labute approximate surface area is 75.0 Å². The zero-order chi connectivity index (χ0) is 4.50. The highest BCUT2D eigenvalue weighted by atomic mass is 80.0. The predicted octanol–water partition coefficient (Wildman–Crippen LogP) is 2.80. The molecule has 0 aliphatic heterocycles. The molecule has 0 spiro atoms. The van der Waals surface area contributed by atoms with Crippen molar-refractivity contribution in [1.82, 2.24) is 0 Å².